The Morgan fingerprint density at radius 3 is 2.49 bits per heavy atom. The van der Waals surface area contributed by atoms with Crippen LogP contribution in [0, 0.1) is 28.6 Å². The van der Waals surface area contributed by atoms with E-state index in [9.17, 15) is 19.8 Å². The molecule has 2 amide bonds. The van der Waals surface area contributed by atoms with Crippen LogP contribution in [0.3, 0.4) is 0 Å². The van der Waals surface area contributed by atoms with Gasteiger partial charge in [-0.25, -0.2) is 4.79 Å². The molecule has 0 aliphatic heterocycles. The molecule has 4 saturated carbocycles. The van der Waals surface area contributed by atoms with Gasteiger partial charge in [-0.1, -0.05) is 62.8 Å². The van der Waals surface area contributed by atoms with Gasteiger partial charge in [0.05, 0.1) is 30.2 Å². The lowest BCUT2D eigenvalue weighted by Crippen LogP contribution is -2.58. The Labute approximate surface area is 342 Å². The number of ether oxygens (including phenoxy) is 1. The smallest absolute Gasteiger partial charge is 0.321 e. The summed E-state index contributed by atoms with van der Waals surface area (Å²) >= 11 is 1.52. The van der Waals surface area contributed by atoms with Gasteiger partial charge in [-0.15, -0.1) is 11.3 Å². The first-order valence-corrected chi connectivity index (χ1v) is 22.0. The van der Waals surface area contributed by atoms with E-state index in [1.165, 1.54) is 29.8 Å². The van der Waals surface area contributed by atoms with Crippen molar-refractivity contribution in [3.05, 3.63) is 106 Å². The number of carbonyl (C=O) groups excluding carboxylic acids is 2. The van der Waals surface area contributed by atoms with Crippen molar-refractivity contribution in [2.45, 2.75) is 110 Å². The van der Waals surface area contributed by atoms with E-state index < -0.39 is 17.1 Å². The lowest BCUT2D eigenvalue weighted by Gasteiger charge is -2.60. The molecule has 6 aliphatic carbocycles. The molecule has 302 valence electrons. The van der Waals surface area contributed by atoms with Gasteiger partial charge in [0, 0.05) is 27.9 Å². The maximum Gasteiger partial charge on any atom is 0.321 e. The molecule has 0 spiro atoms. The number of nitrogens with one attached hydrogen (secondary N) is 1. The van der Waals surface area contributed by atoms with Crippen LogP contribution in [0.4, 0.5) is 10.5 Å². The zero-order valence-electron chi connectivity index (χ0n) is 34.4. The van der Waals surface area contributed by atoms with Crippen LogP contribution in [0.25, 0.3) is 10.1 Å². The first-order chi connectivity index (χ1) is 27.3. The summed E-state index contributed by atoms with van der Waals surface area (Å²) in [7, 11) is 1.63. The second-order valence-corrected chi connectivity index (χ2v) is 19.7. The van der Waals surface area contributed by atoms with Crippen molar-refractivity contribution in [2.24, 2.45) is 28.6 Å². The van der Waals surface area contributed by atoms with E-state index in [0.29, 0.717) is 66.6 Å². The van der Waals surface area contributed by atoms with Crippen LogP contribution >= 0.6 is 11.3 Å². The molecule has 7 nitrogen and oxygen atoms in total. The summed E-state index contributed by atoms with van der Waals surface area (Å²) in [4.78, 5) is 31.9. The van der Waals surface area contributed by atoms with Crippen LogP contribution in [-0.2, 0) is 6.42 Å². The number of nitrogens with zero attached hydrogens (tertiary/aromatic N) is 1. The van der Waals surface area contributed by atoms with Crippen LogP contribution in [0.15, 0.2) is 84.4 Å². The first-order valence-electron chi connectivity index (χ1n) is 21.2. The zero-order valence-corrected chi connectivity index (χ0v) is 35.2. The predicted octanol–water partition coefficient (Wildman–Crippen LogP) is 10.8. The molecular formula is C49H60N2O5S. The first kappa shape index (κ1) is 39.8. The van der Waals surface area contributed by atoms with E-state index in [0.717, 1.165) is 52.1 Å². The van der Waals surface area contributed by atoms with Crippen LogP contribution in [0.1, 0.15) is 118 Å². The lowest BCUT2D eigenvalue weighted by molar-refractivity contribution is -0.117. The Balaban J connectivity index is 1.17. The number of aliphatic hydroxyl groups is 2. The molecular weight excluding hydrogens is 729 g/mol. The molecule has 3 aromatic carbocycles. The molecule has 7 atom stereocenters. The van der Waals surface area contributed by atoms with E-state index in [1.807, 2.05) is 59.5 Å². The van der Waals surface area contributed by atoms with Gasteiger partial charge in [-0.2, -0.15) is 0 Å². The summed E-state index contributed by atoms with van der Waals surface area (Å²) in [6, 6.07) is 23.5. The Morgan fingerprint density at radius 1 is 0.965 bits per heavy atom. The number of urea groups is 1. The van der Waals surface area contributed by atoms with Gasteiger partial charge < -0.3 is 25.2 Å². The van der Waals surface area contributed by atoms with Gasteiger partial charge >= 0.3 is 6.03 Å². The second kappa shape index (κ2) is 15.6. The van der Waals surface area contributed by atoms with Crippen molar-refractivity contribution in [2.75, 3.05) is 25.5 Å². The van der Waals surface area contributed by atoms with Gasteiger partial charge in [0.15, 0.2) is 0 Å². The largest absolute Gasteiger partial charge is 0.497 e. The van der Waals surface area contributed by atoms with Gasteiger partial charge in [0.2, 0.25) is 5.78 Å². The van der Waals surface area contributed by atoms with Gasteiger partial charge in [0.1, 0.15) is 5.75 Å². The number of allylic oxidation sites excluding steroid dienone is 2. The average Bonchev–Trinajstić information content (AvgIpc) is 3.75. The third-order valence-electron chi connectivity index (χ3n) is 15.1. The van der Waals surface area contributed by atoms with Crippen molar-refractivity contribution in [3.8, 4) is 5.75 Å². The molecule has 6 aliphatic rings. The third kappa shape index (κ3) is 7.58. The molecule has 1 heterocycles. The highest BCUT2D eigenvalue weighted by Gasteiger charge is 2.59. The number of benzene rings is 3. The number of anilines is 1. The Bertz CT molecular complexity index is 2120. The quantitative estimate of drug-likeness (QED) is 0.122. The third-order valence-corrected chi connectivity index (χ3v) is 16.2. The van der Waals surface area contributed by atoms with Gasteiger partial charge in [-0.05, 0) is 159 Å². The Kier molecular flexibility index (Phi) is 10.9. The Morgan fingerprint density at radius 2 is 1.75 bits per heavy atom. The van der Waals surface area contributed by atoms with Crippen LogP contribution < -0.4 is 10.1 Å². The van der Waals surface area contributed by atoms with Crippen LogP contribution in [0.5, 0.6) is 5.75 Å². The molecule has 4 bridgehead atoms. The number of aliphatic hydroxyl groups excluding tert-OH is 1. The summed E-state index contributed by atoms with van der Waals surface area (Å²) in [6.07, 6.45) is 9.83. The fraction of sp³-hybridized carbons (Fsp3) is 0.510. The topological polar surface area (TPSA) is 99.1 Å². The summed E-state index contributed by atoms with van der Waals surface area (Å²) in [5.74, 6) is 2.25. The highest BCUT2D eigenvalue weighted by molar-refractivity contribution is 7.21. The summed E-state index contributed by atoms with van der Waals surface area (Å²) in [5.41, 5.74) is 2.87. The van der Waals surface area contributed by atoms with Crippen LogP contribution in [0.2, 0.25) is 0 Å². The Hall–Kier alpha value is -3.98. The number of thiophene rings is 1. The fourth-order valence-electron chi connectivity index (χ4n) is 11.3. The molecule has 4 fully saturated rings. The average molecular weight is 789 g/mol. The van der Waals surface area contributed by atoms with E-state index in [-0.39, 0.29) is 29.7 Å². The van der Waals surface area contributed by atoms with Crippen LogP contribution in [-0.4, -0.2) is 58.8 Å². The fourth-order valence-corrected chi connectivity index (χ4v) is 12.3. The van der Waals surface area contributed by atoms with Gasteiger partial charge in [-0.3, -0.25) is 4.79 Å². The van der Waals surface area contributed by atoms with Crippen molar-refractivity contribution < 1.29 is 24.5 Å². The number of methoxy groups -OCH3 is 1. The molecule has 7 unspecified atom stereocenters. The minimum atomic E-state index is -1.22. The van der Waals surface area contributed by atoms with Crippen molar-refractivity contribution in [1.82, 2.24) is 4.90 Å². The van der Waals surface area contributed by atoms with Crippen molar-refractivity contribution >= 4 is 38.9 Å². The van der Waals surface area contributed by atoms with Gasteiger partial charge in [0.25, 0.3) is 0 Å². The second-order valence-electron chi connectivity index (χ2n) is 18.7. The normalized spacial score (nSPS) is 29.5. The highest BCUT2D eigenvalue weighted by Crippen LogP contribution is 2.62. The van der Waals surface area contributed by atoms with E-state index in [1.54, 1.807) is 7.11 Å². The minimum absolute atomic E-state index is 0.0117. The molecule has 10 rings (SSSR count). The maximum atomic E-state index is 14.7. The molecule has 1 aromatic heterocycles. The highest BCUT2D eigenvalue weighted by atomic mass is 32.1. The number of hydrogen-bond donors (Lipinski definition) is 3. The van der Waals surface area contributed by atoms with E-state index in [4.69, 9.17) is 4.74 Å². The number of hydrogen-bond acceptors (Lipinski definition) is 6. The SMILES string of the molecule is COc1ccc(NC(=O)N(CC2CCC3CC2C3(C)C)CC2(O)CCC3c4ccc(cc4C(=O)c4cc5ccccc5s4)CC(O)CCC(C)=CCCC32C)cc1. The number of ketones is 1. The van der Waals surface area contributed by atoms with Crippen molar-refractivity contribution in [3.63, 3.8) is 0 Å². The number of rotatable bonds is 8. The monoisotopic (exact) mass is 788 g/mol. The molecule has 0 radical (unpaired) electrons. The summed E-state index contributed by atoms with van der Waals surface area (Å²) in [6.45, 7) is 9.94. The lowest BCUT2D eigenvalue weighted by atomic mass is 9.45. The maximum absolute atomic E-state index is 14.7. The molecule has 0 saturated heterocycles. The van der Waals surface area contributed by atoms with E-state index in [2.05, 4.69) is 57.3 Å². The molecule has 8 heteroatoms. The zero-order chi connectivity index (χ0) is 40.1. The predicted molar refractivity (Wildman–Crippen MR) is 230 cm³/mol. The number of fused-ring (bicyclic) bond motifs is 11. The molecule has 4 aromatic rings. The molecule has 3 N–H and O–H groups in total. The van der Waals surface area contributed by atoms with Crippen molar-refractivity contribution in [1.29, 1.82) is 0 Å². The number of carbonyl (C=O) groups is 2. The molecule has 57 heavy (non-hydrogen) atoms. The number of amides is 2. The minimum Gasteiger partial charge on any atom is -0.497 e. The standard InChI is InChI=1S/C49H60N2O5S/c1-31-9-8-23-48(4)41(39-21-13-32(25-37(52)18-12-31)26-40(39)45(53)44-27-33-10-6-7-11-43(33)57-44)22-24-49(48,55)30-51(29-34-14-15-35-28-42(34)47(35,2)3)46(54)50-36-16-19-38(56-5)20-17-36/h6-7,9-11,13,16-17,19-21,26-27,34-35,37,41-42,52,55H,8,12,14-15,18,22-25,28-30H2,1-5H3,(H,50,54). The van der Waals surface area contributed by atoms with E-state index >= 15 is 0 Å². The summed E-state index contributed by atoms with van der Waals surface area (Å²) in [5, 5.41) is 28.7. The summed E-state index contributed by atoms with van der Waals surface area (Å²) < 4.78 is 6.45.